The highest BCUT2D eigenvalue weighted by atomic mass is 16.5. The van der Waals surface area contributed by atoms with Crippen LogP contribution in [0.2, 0.25) is 0 Å². The van der Waals surface area contributed by atoms with Crippen LogP contribution in [0, 0.1) is 0 Å². The van der Waals surface area contributed by atoms with E-state index >= 15 is 0 Å². The van der Waals surface area contributed by atoms with Crippen molar-refractivity contribution in [2.24, 2.45) is 0 Å². The third-order valence-electron chi connectivity index (χ3n) is 4.97. The van der Waals surface area contributed by atoms with Gasteiger partial charge < -0.3 is 14.7 Å². The molecule has 0 aliphatic carbocycles. The fourth-order valence-electron chi connectivity index (χ4n) is 3.55. The smallest absolute Gasteiger partial charge is 0.227 e. The number of rotatable bonds is 5. The number of hydrogen-bond acceptors (Lipinski definition) is 4. The normalized spacial score (nSPS) is 19.5. The molecule has 0 radical (unpaired) electrons. The number of pyridine rings is 1. The first kappa shape index (κ1) is 17.4. The summed E-state index contributed by atoms with van der Waals surface area (Å²) in [6.07, 6.45) is 5.41. The second-order valence-corrected chi connectivity index (χ2v) is 6.66. The summed E-state index contributed by atoms with van der Waals surface area (Å²) in [7, 11) is 1.61. The quantitative estimate of drug-likeness (QED) is 0.908. The Morgan fingerprint density at radius 3 is 2.76 bits per heavy atom. The van der Waals surface area contributed by atoms with E-state index in [4.69, 9.17) is 4.74 Å². The molecule has 132 valence electrons. The molecule has 2 aromatic rings. The first-order valence-corrected chi connectivity index (χ1v) is 8.57. The number of likely N-dealkylation sites (tertiary alicyclic amines) is 1. The van der Waals surface area contributed by atoms with Crippen molar-refractivity contribution in [2.45, 2.75) is 37.8 Å². The highest BCUT2D eigenvalue weighted by molar-refractivity contribution is 5.79. The molecule has 1 aromatic carbocycles. The number of amides is 1. The minimum Gasteiger partial charge on any atom is -0.497 e. The van der Waals surface area contributed by atoms with Gasteiger partial charge in [0.1, 0.15) is 11.4 Å². The molecule has 1 N–H and O–H groups in total. The number of aliphatic hydroxyl groups is 1. The van der Waals surface area contributed by atoms with Gasteiger partial charge in [0.25, 0.3) is 0 Å². The van der Waals surface area contributed by atoms with Crippen LogP contribution in [0.1, 0.15) is 30.9 Å². The van der Waals surface area contributed by atoms with E-state index in [0.717, 1.165) is 29.7 Å². The molecule has 0 saturated carbocycles. The van der Waals surface area contributed by atoms with Crippen molar-refractivity contribution in [1.82, 2.24) is 9.88 Å². The van der Waals surface area contributed by atoms with E-state index in [1.807, 2.05) is 41.3 Å². The van der Waals surface area contributed by atoms with Crippen LogP contribution in [0.5, 0.6) is 5.75 Å². The summed E-state index contributed by atoms with van der Waals surface area (Å²) in [6, 6.07) is 10.9. The van der Waals surface area contributed by atoms with Crippen LogP contribution in [-0.2, 0) is 16.8 Å². The third kappa shape index (κ3) is 3.66. The Balaban J connectivity index is 1.78. The van der Waals surface area contributed by atoms with Crippen molar-refractivity contribution in [3.05, 3.63) is 59.9 Å². The fraction of sp³-hybridized carbons (Fsp3) is 0.400. The van der Waals surface area contributed by atoms with E-state index in [0.29, 0.717) is 13.0 Å². The average Bonchev–Trinajstić information content (AvgIpc) is 3.13. The zero-order valence-corrected chi connectivity index (χ0v) is 14.7. The second-order valence-electron chi connectivity index (χ2n) is 6.66. The maximum absolute atomic E-state index is 12.8. The molecule has 25 heavy (non-hydrogen) atoms. The summed E-state index contributed by atoms with van der Waals surface area (Å²) >= 11 is 0. The molecule has 2 heterocycles. The lowest BCUT2D eigenvalue weighted by Gasteiger charge is -2.37. The number of carbonyl (C=O) groups is 1. The van der Waals surface area contributed by atoms with E-state index in [2.05, 4.69) is 4.98 Å². The van der Waals surface area contributed by atoms with E-state index in [9.17, 15) is 9.90 Å². The molecule has 1 aromatic heterocycles. The number of hydrogen-bond donors (Lipinski definition) is 1. The molecule has 5 heteroatoms. The van der Waals surface area contributed by atoms with Crippen LogP contribution in [-0.4, -0.2) is 40.6 Å². The number of ether oxygens (including phenoxy) is 1. The summed E-state index contributed by atoms with van der Waals surface area (Å²) in [5, 5.41) is 11.2. The summed E-state index contributed by atoms with van der Waals surface area (Å²) in [6.45, 7) is 2.46. The van der Waals surface area contributed by atoms with Gasteiger partial charge in [0, 0.05) is 18.9 Å². The predicted octanol–water partition coefficient (Wildman–Crippen LogP) is 2.53. The van der Waals surface area contributed by atoms with Gasteiger partial charge in [-0.25, -0.2) is 0 Å². The van der Waals surface area contributed by atoms with E-state index in [1.54, 1.807) is 26.4 Å². The van der Waals surface area contributed by atoms with Gasteiger partial charge in [0.2, 0.25) is 5.91 Å². The molecule has 2 atom stereocenters. The molecular formula is C20H24N2O3. The minimum atomic E-state index is -1.10. The van der Waals surface area contributed by atoms with E-state index in [-0.39, 0.29) is 11.9 Å². The third-order valence-corrected chi connectivity index (χ3v) is 4.97. The predicted molar refractivity (Wildman–Crippen MR) is 95.2 cm³/mol. The maximum Gasteiger partial charge on any atom is 0.227 e. The van der Waals surface area contributed by atoms with Crippen LogP contribution < -0.4 is 4.74 Å². The highest BCUT2D eigenvalue weighted by Gasteiger charge is 2.42. The molecule has 0 unspecified atom stereocenters. The fourth-order valence-corrected chi connectivity index (χ4v) is 3.55. The van der Waals surface area contributed by atoms with Gasteiger partial charge in [-0.3, -0.25) is 9.78 Å². The maximum atomic E-state index is 12.8. The van der Waals surface area contributed by atoms with Gasteiger partial charge in [-0.15, -0.1) is 0 Å². The Bertz CT molecular complexity index is 713. The standard InChI is InChI=1S/C20H24N2O3/c1-20(24,16-7-9-17(25-2)10-8-16)18-6-4-12-22(18)19(23)13-15-5-3-11-21-14-15/h3,5,7-11,14,18,24H,4,6,12-13H2,1-2H3/t18-,20-/m1/s1. The molecule has 1 fully saturated rings. The van der Waals surface area contributed by atoms with Crippen molar-refractivity contribution in [1.29, 1.82) is 0 Å². The lowest BCUT2D eigenvalue weighted by molar-refractivity contribution is -0.137. The largest absolute Gasteiger partial charge is 0.497 e. The summed E-state index contributed by atoms with van der Waals surface area (Å²) in [5.41, 5.74) is 0.578. The lowest BCUT2D eigenvalue weighted by atomic mass is 9.86. The highest BCUT2D eigenvalue weighted by Crippen LogP contribution is 2.35. The van der Waals surface area contributed by atoms with Crippen molar-refractivity contribution in [2.75, 3.05) is 13.7 Å². The number of benzene rings is 1. The monoisotopic (exact) mass is 340 g/mol. The number of aromatic nitrogens is 1. The van der Waals surface area contributed by atoms with Crippen LogP contribution >= 0.6 is 0 Å². The number of methoxy groups -OCH3 is 1. The summed E-state index contributed by atoms with van der Waals surface area (Å²) in [5.74, 6) is 0.778. The molecule has 1 amide bonds. The molecular weight excluding hydrogens is 316 g/mol. The lowest BCUT2D eigenvalue weighted by Crippen LogP contribution is -2.48. The number of carbonyl (C=O) groups excluding carboxylic acids is 1. The Kier molecular flexibility index (Phi) is 5.04. The molecule has 3 rings (SSSR count). The van der Waals surface area contributed by atoms with Crippen molar-refractivity contribution in [3.8, 4) is 5.75 Å². The molecule has 0 spiro atoms. The van der Waals surface area contributed by atoms with Gasteiger partial charge in [-0.2, -0.15) is 0 Å². The van der Waals surface area contributed by atoms with Gasteiger partial charge in [0.15, 0.2) is 0 Å². The number of nitrogens with zero attached hydrogens (tertiary/aromatic N) is 2. The van der Waals surface area contributed by atoms with E-state index < -0.39 is 5.60 Å². The van der Waals surface area contributed by atoms with Gasteiger partial charge in [-0.1, -0.05) is 18.2 Å². The van der Waals surface area contributed by atoms with Crippen LogP contribution in [0.4, 0.5) is 0 Å². The minimum absolute atomic E-state index is 0.0317. The van der Waals surface area contributed by atoms with Gasteiger partial charge in [-0.05, 0) is 49.1 Å². The van der Waals surface area contributed by atoms with Gasteiger partial charge in [0.05, 0.1) is 19.6 Å². The zero-order valence-electron chi connectivity index (χ0n) is 14.7. The molecule has 1 saturated heterocycles. The second kappa shape index (κ2) is 7.23. The van der Waals surface area contributed by atoms with E-state index in [1.165, 1.54) is 0 Å². The zero-order chi connectivity index (χ0) is 17.9. The first-order chi connectivity index (χ1) is 12.0. The Labute approximate surface area is 148 Å². The summed E-state index contributed by atoms with van der Waals surface area (Å²) < 4.78 is 5.18. The van der Waals surface area contributed by atoms with Crippen molar-refractivity contribution in [3.63, 3.8) is 0 Å². The van der Waals surface area contributed by atoms with Crippen molar-refractivity contribution < 1.29 is 14.6 Å². The van der Waals surface area contributed by atoms with Crippen LogP contribution in [0.15, 0.2) is 48.8 Å². The van der Waals surface area contributed by atoms with Gasteiger partial charge >= 0.3 is 0 Å². The first-order valence-electron chi connectivity index (χ1n) is 8.57. The van der Waals surface area contributed by atoms with Crippen LogP contribution in [0.3, 0.4) is 0 Å². The molecule has 1 aliphatic heterocycles. The Morgan fingerprint density at radius 1 is 1.36 bits per heavy atom. The SMILES string of the molecule is COc1ccc([C@@](C)(O)[C@H]2CCCN2C(=O)Cc2cccnc2)cc1. The van der Waals surface area contributed by atoms with Crippen molar-refractivity contribution >= 4 is 5.91 Å². The topological polar surface area (TPSA) is 62.7 Å². The average molecular weight is 340 g/mol. The summed E-state index contributed by atoms with van der Waals surface area (Å²) in [4.78, 5) is 18.7. The molecule has 5 nitrogen and oxygen atoms in total. The molecule has 1 aliphatic rings. The Morgan fingerprint density at radius 2 is 2.12 bits per heavy atom. The Hall–Kier alpha value is -2.40. The molecule has 0 bridgehead atoms. The van der Waals surface area contributed by atoms with Crippen LogP contribution in [0.25, 0.3) is 0 Å².